The second-order valence-corrected chi connectivity index (χ2v) is 10.7. The summed E-state index contributed by atoms with van der Waals surface area (Å²) in [6, 6.07) is 4.45. The number of likely N-dealkylation sites (tertiary alicyclic amines) is 1. The van der Waals surface area contributed by atoms with Crippen molar-refractivity contribution in [2.75, 3.05) is 38.6 Å². The van der Waals surface area contributed by atoms with Crippen LogP contribution in [-0.4, -0.2) is 64.9 Å². The van der Waals surface area contributed by atoms with Crippen LogP contribution in [-0.2, 0) is 27.3 Å². The molecule has 0 atom stereocenters. The summed E-state index contributed by atoms with van der Waals surface area (Å²) < 4.78 is 18.4. The van der Waals surface area contributed by atoms with E-state index in [1.54, 1.807) is 23.5 Å². The number of nitrogens with one attached hydrogen (secondary N) is 1. The molecule has 5 rings (SSSR count). The molecule has 194 valence electrons. The molecular weight excluding hydrogens is 517 g/mol. The molecular formula is C26H27ClFN5O3S. The zero-order chi connectivity index (χ0) is 25.9. The van der Waals surface area contributed by atoms with Crippen LogP contribution >= 0.6 is 22.9 Å². The smallest absolute Gasteiger partial charge is 0.308 e. The van der Waals surface area contributed by atoms with E-state index in [0.717, 1.165) is 46.6 Å². The molecule has 2 aliphatic rings. The van der Waals surface area contributed by atoms with Gasteiger partial charge in [-0.1, -0.05) is 17.7 Å². The van der Waals surface area contributed by atoms with Gasteiger partial charge in [-0.15, -0.1) is 11.3 Å². The van der Waals surface area contributed by atoms with E-state index in [1.807, 2.05) is 11.0 Å². The topological polar surface area (TPSA) is 87.7 Å². The van der Waals surface area contributed by atoms with Crippen LogP contribution in [0.2, 0.25) is 5.02 Å². The van der Waals surface area contributed by atoms with Crippen LogP contribution in [0.15, 0.2) is 36.7 Å². The molecule has 8 nitrogen and oxygen atoms in total. The Bertz CT molecular complexity index is 1360. The summed E-state index contributed by atoms with van der Waals surface area (Å²) in [6.45, 7) is 3.43. The van der Waals surface area contributed by atoms with Gasteiger partial charge in [0, 0.05) is 29.7 Å². The van der Waals surface area contributed by atoms with E-state index in [9.17, 15) is 14.0 Å². The van der Waals surface area contributed by atoms with Gasteiger partial charge in [0.15, 0.2) is 0 Å². The van der Waals surface area contributed by atoms with Crippen LogP contribution in [0, 0.1) is 11.7 Å². The quantitative estimate of drug-likeness (QED) is 0.360. The highest BCUT2D eigenvalue weighted by atomic mass is 35.5. The van der Waals surface area contributed by atoms with Gasteiger partial charge in [0.05, 0.1) is 30.0 Å². The van der Waals surface area contributed by atoms with E-state index in [2.05, 4.69) is 20.2 Å². The third-order valence-corrected chi connectivity index (χ3v) is 8.29. The van der Waals surface area contributed by atoms with Gasteiger partial charge < -0.3 is 15.0 Å². The van der Waals surface area contributed by atoms with Gasteiger partial charge in [0.25, 0.3) is 0 Å². The van der Waals surface area contributed by atoms with Gasteiger partial charge in [-0.25, -0.2) is 14.4 Å². The minimum atomic E-state index is -0.477. The molecule has 1 amide bonds. The van der Waals surface area contributed by atoms with Crippen LogP contribution in [0.25, 0.3) is 10.2 Å². The van der Waals surface area contributed by atoms with Crippen LogP contribution in [0.3, 0.4) is 0 Å². The van der Waals surface area contributed by atoms with Crippen molar-refractivity contribution in [1.29, 1.82) is 0 Å². The zero-order valence-electron chi connectivity index (χ0n) is 20.4. The summed E-state index contributed by atoms with van der Waals surface area (Å²) in [5.41, 5.74) is 1.77. The molecule has 1 N–H and O–H groups in total. The predicted octanol–water partition coefficient (Wildman–Crippen LogP) is 4.55. The van der Waals surface area contributed by atoms with Gasteiger partial charge >= 0.3 is 5.97 Å². The summed E-state index contributed by atoms with van der Waals surface area (Å²) in [7, 11) is 1.43. The first-order chi connectivity index (χ1) is 17.9. The van der Waals surface area contributed by atoms with E-state index in [0.29, 0.717) is 37.6 Å². The number of ether oxygens (including phenoxy) is 1. The van der Waals surface area contributed by atoms with Crippen molar-refractivity contribution in [3.8, 4) is 0 Å². The van der Waals surface area contributed by atoms with Crippen molar-refractivity contribution in [2.45, 2.75) is 25.8 Å². The summed E-state index contributed by atoms with van der Waals surface area (Å²) in [6.07, 6.45) is 7.31. The number of rotatable bonds is 6. The summed E-state index contributed by atoms with van der Waals surface area (Å²) >= 11 is 7.49. The number of methoxy groups -OCH3 is 1. The highest BCUT2D eigenvalue weighted by Gasteiger charge is 2.27. The van der Waals surface area contributed by atoms with Crippen molar-refractivity contribution < 1.29 is 18.7 Å². The van der Waals surface area contributed by atoms with Gasteiger partial charge in [0.1, 0.15) is 22.8 Å². The number of esters is 1. The second-order valence-electron chi connectivity index (χ2n) is 9.17. The van der Waals surface area contributed by atoms with E-state index < -0.39 is 5.82 Å². The Morgan fingerprint density at radius 2 is 2.08 bits per heavy atom. The van der Waals surface area contributed by atoms with E-state index >= 15 is 0 Å². The van der Waals surface area contributed by atoms with Gasteiger partial charge in [-0.2, -0.15) is 0 Å². The molecule has 0 unspecified atom stereocenters. The Morgan fingerprint density at radius 3 is 2.84 bits per heavy atom. The third kappa shape index (κ3) is 5.61. The lowest BCUT2D eigenvalue weighted by molar-refractivity contribution is -0.147. The molecule has 1 saturated heterocycles. The Hall–Kier alpha value is -3.08. The zero-order valence-corrected chi connectivity index (χ0v) is 21.9. The van der Waals surface area contributed by atoms with Crippen LogP contribution in [0.1, 0.15) is 23.3 Å². The van der Waals surface area contributed by atoms with E-state index in [4.69, 9.17) is 16.3 Å². The average molecular weight is 544 g/mol. The minimum absolute atomic E-state index is 0.0158. The molecule has 37 heavy (non-hydrogen) atoms. The lowest BCUT2D eigenvalue weighted by Crippen LogP contribution is -2.37. The summed E-state index contributed by atoms with van der Waals surface area (Å²) in [4.78, 5) is 39.5. The molecule has 11 heteroatoms. The van der Waals surface area contributed by atoms with E-state index in [1.165, 1.54) is 25.6 Å². The number of halogens is 2. The first-order valence-electron chi connectivity index (χ1n) is 12.2. The SMILES string of the molecule is COC(=O)C1CCN(CC=CC(=O)N2CCc3c(sc4ncnc(Nc5ccc(F)c(Cl)c5)c34)C2)CC1. The molecule has 3 aromatic rings. The number of piperidine rings is 1. The number of hydrogen-bond donors (Lipinski definition) is 1. The van der Waals surface area contributed by atoms with Crippen molar-refractivity contribution >= 4 is 56.5 Å². The molecule has 0 aliphatic carbocycles. The Kier molecular flexibility index (Phi) is 7.68. The number of anilines is 2. The Labute approximate surface area is 223 Å². The number of fused-ring (bicyclic) bond motifs is 3. The number of nitrogens with zero attached hydrogens (tertiary/aromatic N) is 4. The second kappa shape index (κ2) is 11.1. The summed E-state index contributed by atoms with van der Waals surface area (Å²) in [5.74, 6) is -0.0110. The highest BCUT2D eigenvalue weighted by Crippen LogP contribution is 2.38. The molecule has 1 aromatic carbocycles. The standard InChI is InChI=1S/C26H27ClFN5O3S/c1-36-26(35)16-6-10-32(11-7-16)9-2-3-22(34)33-12-8-18-21(14-33)37-25-23(18)24(29-15-30-25)31-17-4-5-20(28)19(27)13-17/h2-5,13,15-16H,6-12,14H2,1H3,(H,29,30,31). The molecule has 0 bridgehead atoms. The number of aromatic nitrogens is 2. The molecule has 2 aromatic heterocycles. The maximum atomic E-state index is 13.6. The lowest BCUT2D eigenvalue weighted by atomic mass is 9.97. The van der Waals surface area contributed by atoms with Crippen LogP contribution < -0.4 is 5.32 Å². The van der Waals surface area contributed by atoms with Gasteiger partial charge in [-0.05, 0) is 56.1 Å². The fourth-order valence-corrected chi connectivity index (χ4v) is 6.23. The fraction of sp³-hybridized carbons (Fsp3) is 0.385. The normalized spacial score (nSPS) is 16.8. The number of thiophene rings is 1. The molecule has 2 aliphatic heterocycles. The van der Waals surface area contributed by atoms with Crippen molar-refractivity contribution in [1.82, 2.24) is 19.8 Å². The number of benzene rings is 1. The molecule has 4 heterocycles. The third-order valence-electron chi connectivity index (χ3n) is 6.88. The molecule has 1 fully saturated rings. The van der Waals surface area contributed by atoms with Crippen molar-refractivity contribution in [2.24, 2.45) is 5.92 Å². The average Bonchev–Trinajstić information content (AvgIpc) is 3.29. The lowest BCUT2D eigenvalue weighted by Gasteiger charge is -2.29. The Morgan fingerprint density at radius 1 is 1.27 bits per heavy atom. The van der Waals surface area contributed by atoms with Crippen molar-refractivity contribution in [3.63, 3.8) is 0 Å². The van der Waals surface area contributed by atoms with Crippen molar-refractivity contribution in [3.05, 3.63) is 58.0 Å². The first kappa shape index (κ1) is 25.6. The minimum Gasteiger partial charge on any atom is -0.469 e. The van der Waals surface area contributed by atoms with Crippen LogP contribution in [0.5, 0.6) is 0 Å². The molecule has 0 radical (unpaired) electrons. The maximum Gasteiger partial charge on any atom is 0.308 e. The van der Waals surface area contributed by atoms with Gasteiger partial charge in [0.2, 0.25) is 5.91 Å². The van der Waals surface area contributed by atoms with Gasteiger partial charge in [-0.3, -0.25) is 14.5 Å². The number of carbonyl (C=O) groups is 2. The number of carbonyl (C=O) groups excluding carboxylic acids is 2. The number of hydrogen-bond acceptors (Lipinski definition) is 8. The molecule has 0 spiro atoms. The monoisotopic (exact) mass is 543 g/mol. The fourth-order valence-electron chi connectivity index (χ4n) is 4.85. The van der Waals surface area contributed by atoms with E-state index in [-0.39, 0.29) is 22.8 Å². The summed E-state index contributed by atoms with van der Waals surface area (Å²) in [5, 5.41) is 4.21. The first-order valence-corrected chi connectivity index (χ1v) is 13.4. The maximum absolute atomic E-state index is 13.6. The predicted molar refractivity (Wildman–Crippen MR) is 142 cm³/mol. The van der Waals surface area contributed by atoms with Crippen LogP contribution in [0.4, 0.5) is 15.9 Å². The molecule has 0 saturated carbocycles. The highest BCUT2D eigenvalue weighted by molar-refractivity contribution is 7.19. The Balaban J connectivity index is 1.22. The largest absolute Gasteiger partial charge is 0.469 e. The number of amides is 1.